The fourth-order valence-corrected chi connectivity index (χ4v) is 3.84. The molecule has 1 amide bonds. The molecule has 0 spiro atoms. The van der Waals surface area contributed by atoms with Crippen LogP contribution in [0.2, 0.25) is 0 Å². The first-order valence-electron chi connectivity index (χ1n) is 10.5. The Morgan fingerprint density at radius 2 is 1.77 bits per heavy atom. The number of amides is 1. The Morgan fingerprint density at radius 1 is 1.00 bits per heavy atom. The Hall–Kier alpha value is -3.68. The molecule has 0 radical (unpaired) electrons. The smallest absolute Gasteiger partial charge is 0.289 e. The number of piperazine rings is 1. The summed E-state index contributed by atoms with van der Waals surface area (Å²) in [6, 6.07) is 13.4. The zero-order valence-corrected chi connectivity index (χ0v) is 17.6. The average molecular weight is 416 g/mol. The van der Waals surface area contributed by atoms with Gasteiger partial charge in [-0.05, 0) is 24.3 Å². The van der Waals surface area contributed by atoms with Crippen molar-refractivity contribution >= 4 is 22.8 Å². The van der Waals surface area contributed by atoms with Crippen molar-refractivity contribution in [1.82, 2.24) is 24.6 Å². The molecule has 8 nitrogen and oxygen atoms in total. The van der Waals surface area contributed by atoms with E-state index in [2.05, 4.69) is 23.8 Å². The molecule has 1 aliphatic rings. The highest BCUT2D eigenvalue weighted by atomic mass is 16.3. The third kappa shape index (κ3) is 3.54. The van der Waals surface area contributed by atoms with E-state index in [4.69, 9.17) is 14.4 Å². The number of nitrogens with zero attached hydrogens (tertiary/aromatic N) is 6. The largest absolute Gasteiger partial charge is 0.459 e. The van der Waals surface area contributed by atoms with E-state index in [1.54, 1.807) is 12.1 Å². The zero-order chi connectivity index (χ0) is 21.4. The van der Waals surface area contributed by atoms with Gasteiger partial charge in [0.1, 0.15) is 11.6 Å². The molecule has 8 heteroatoms. The summed E-state index contributed by atoms with van der Waals surface area (Å²) in [5.41, 5.74) is 1.76. The number of hydrogen-bond acceptors (Lipinski definition) is 6. The van der Waals surface area contributed by atoms with E-state index in [-0.39, 0.29) is 11.8 Å². The number of aromatic nitrogens is 4. The fourth-order valence-electron chi connectivity index (χ4n) is 3.84. The Balaban J connectivity index is 1.47. The highest BCUT2D eigenvalue weighted by Crippen LogP contribution is 2.28. The SMILES string of the molecule is CC(C)c1nc(N2CCN(C(=O)c3ccco3)CC2)c2cnn(-c3ccccc3)c2n1. The summed E-state index contributed by atoms with van der Waals surface area (Å²) in [4.78, 5) is 26.4. The first-order chi connectivity index (χ1) is 15.1. The lowest BCUT2D eigenvalue weighted by Crippen LogP contribution is -2.49. The van der Waals surface area contributed by atoms with Gasteiger partial charge in [-0.3, -0.25) is 4.79 Å². The Morgan fingerprint density at radius 3 is 2.45 bits per heavy atom. The molecule has 4 aromatic rings. The molecule has 31 heavy (non-hydrogen) atoms. The van der Waals surface area contributed by atoms with Crippen LogP contribution < -0.4 is 4.90 Å². The quantitative estimate of drug-likeness (QED) is 0.507. The molecule has 4 heterocycles. The van der Waals surface area contributed by atoms with Crippen molar-refractivity contribution in [3.05, 3.63) is 66.5 Å². The molecule has 0 saturated carbocycles. The topological polar surface area (TPSA) is 80.3 Å². The predicted molar refractivity (Wildman–Crippen MR) is 118 cm³/mol. The maximum atomic E-state index is 12.6. The molecule has 3 aromatic heterocycles. The third-order valence-corrected chi connectivity index (χ3v) is 5.54. The molecule has 0 N–H and O–H groups in total. The van der Waals surface area contributed by atoms with E-state index in [9.17, 15) is 4.79 Å². The molecular formula is C23H24N6O2. The first-order valence-corrected chi connectivity index (χ1v) is 10.5. The second-order valence-electron chi connectivity index (χ2n) is 7.95. The highest BCUT2D eigenvalue weighted by Gasteiger charge is 2.27. The Kier molecular flexibility index (Phi) is 4.89. The van der Waals surface area contributed by atoms with E-state index < -0.39 is 0 Å². The predicted octanol–water partition coefficient (Wildman–Crippen LogP) is 3.49. The summed E-state index contributed by atoms with van der Waals surface area (Å²) >= 11 is 0. The van der Waals surface area contributed by atoms with Crippen LogP contribution in [0.15, 0.2) is 59.3 Å². The summed E-state index contributed by atoms with van der Waals surface area (Å²) < 4.78 is 7.13. The molecule has 158 valence electrons. The average Bonchev–Trinajstić information content (AvgIpc) is 3.49. The van der Waals surface area contributed by atoms with Gasteiger partial charge in [-0.25, -0.2) is 14.6 Å². The monoisotopic (exact) mass is 416 g/mol. The van der Waals surface area contributed by atoms with Gasteiger partial charge in [0, 0.05) is 32.1 Å². The molecule has 0 atom stereocenters. The third-order valence-electron chi connectivity index (χ3n) is 5.54. The number of furan rings is 1. The van der Waals surface area contributed by atoms with Gasteiger partial charge in [0.15, 0.2) is 11.4 Å². The van der Waals surface area contributed by atoms with Crippen molar-refractivity contribution in [3.63, 3.8) is 0 Å². The zero-order valence-electron chi connectivity index (χ0n) is 17.6. The van der Waals surface area contributed by atoms with E-state index in [1.165, 1.54) is 6.26 Å². The van der Waals surface area contributed by atoms with Crippen LogP contribution in [0, 0.1) is 0 Å². The van der Waals surface area contributed by atoms with Crippen molar-refractivity contribution in [2.75, 3.05) is 31.1 Å². The highest BCUT2D eigenvalue weighted by molar-refractivity contribution is 5.92. The molecule has 0 aliphatic carbocycles. The minimum Gasteiger partial charge on any atom is -0.459 e. The van der Waals surface area contributed by atoms with Crippen LogP contribution >= 0.6 is 0 Å². The summed E-state index contributed by atoms with van der Waals surface area (Å²) in [7, 11) is 0. The number of rotatable bonds is 4. The van der Waals surface area contributed by atoms with E-state index in [1.807, 2.05) is 46.1 Å². The number of carbonyl (C=O) groups excluding carboxylic acids is 1. The molecule has 1 saturated heterocycles. The molecule has 1 fully saturated rings. The van der Waals surface area contributed by atoms with Gasteiger partial charge in [-0.2, -0.15) is 5.10 Å². The van der Waals surface area contributed by atoms with E-state index >= 15 is 0 Å². The van der Waals surface area contributed by atoms with Crippen LogP contribution in [0.4, 0.5) is 5.82 Å². The Bertz CT molecular complexity index is 1190. The van der Waals surface area contributed by atoms with Crippen molar-refractivity contribution < 1.29 is 9.21 Å². The van der Waals surface area contributed by atoms with Crippen molar-refractivity contribution in [2.24, 2.45) is 0 Å². The van der Waals surface area contributed by atoms with Crippen LogP contribution in [0.25, 0.3) is 16.7 Å². The normalized spacial score (nSPS) is 14.5. The first kappa shape index (κ1) is 19.3. The molecule has 0 unspecified atom stereocenters. The van der Waals surface area contributed by atoms with Gasteiger partial charge in [0.25, 0.3) is 5.91 Å². The molecule has 5 rings (SSSR count). The maximum absolute atomic E-state index is 12.6. The summed E-state index contributed by atoms with van der Waals surface area (Å²) in [5.74, 6) is 2.15. The standard InChI is InChI=1S/C23H24N6O2/c1-16(2)20-25-21(18-15-24-29(22(18)26-20)17-7-4-3-5-8-17)27-10-12-28(13-11-27)23(30)19-9-6-14-31-19/h3-9,14-16H,10-13H2,1-2H3. The fraction of sp³-hybridized carbons (Fsp3) is 0.304. The van der Waals surface area contributed by atoms with E-state index in [0.29, 0.717) is 31.9 Å². The van der Waals surface area contributed by atoms with Crippen molar-refractivity contribution in [1.29, 1.82) is 0 Å². The Labute approximate surface area is 180 Å². The second kappa shape index (κ2) is 7.86. The minimum absolute atomic E-state index is 0.0720. The van der Waals surface area contributed by atoms with Crippen LogP contribution in [0.5, 0.6) is 0 Å². The number of benzene rings is 1. The van der Waals surface area contributed by atoms with E-state index in [0.717, 1.165) is 28.4 Å². The lowest BCUT2D eigenvalue weighted by Gasteiger charge is -2.35. The number of fused-ring (bicyclic) bond motifs is 1. The number of hydrogen-bond donors (Lipinski definition) is 0. The lowest BCUT2D eigenvalue weighted by atomic mass is 10.2. The van der Waals surface area contributed by atoms with Gasteiger partial charge in [0.05, 0.1) is 23.5 Å². The summed E-state index contributed by atoms with van der Waals surface area (Å²) in [6.07, 6.45) is 3.36. The van der Waals surface area contributed by atoms with Crippen molar-refractivity contribution in [3.8, 4) is 5.69 Å². The van der Waals surface area contributed by atoms with Crippen LogP contribution in [-0.2, 0) is 0 Å². The molecular weight excluding hydrogens is 392 g/mol. The van der Waals surface area contributed by atoms with Gasteiger partial charge in [0.2, 0.25) is 0 Å². The summed E-state index contributed by atoms with van der Waals surface area (Å²) in [5, 5.41) is 5.52. The van der Waals surface area contributed by atoms with Crippen LogP contribution in [0.3, 0.4) is 0 Å². The van der Waals surface area contributed by atoms with Crippen molar-refractivity contribution in [2.45, 2.75) is 19.8 Å². The van der Waals surface area contributed by atoms with Gasteiger partial charge >= 0.3 is 0 Å². The van der Waals surface area contributed by atoms with Crippen LogP contribution in [-0.4, -0.2) is 56.7 Å². The maximum Gasteiger partial charge on any atom is 0.289 e. The molecule has 1 aromatic carbocycles. The van der Waals surface area contributed by atoms with Gasteiger partial charge < -0.3 is 14.2 Å². The number of anilines is 1. The number of para-hydroxylation sites is 1. The second-order valence-corrected chi connectivity index (χ2v) is 7.95. The van der Waals surface area contributed by atoms with Gasteiger partial charge in [-0.1, -0.05) is 32.0 Å². The minimum atomic E-state index is -0.0720. The summed E-state index contributed by atoms with van der Waals surface area (Å²) in [6.45, 7) is 6.77. The van der Waals surface area contributed by atoms with Gasteiger partial charge in [-0.15, -0.1) is 0 Å². The molecule has 0 bridgehead atoms. The van der Waals surface area contributed by atoms with Crippen LogP contribution in [0.1, 0.15) is 36.1 Å². The molecule has 1 aliphatic heterocycles. The lowest BCUT2D eigenvalue weighted by molar-refractivity contribution is 0.0714. The number of carbonyl (C=O) groups is 1.